The molecule has 3 heterocycles. The topological polar surface area (TPSA) is 106 Å². The van der Waals surface area contributed by atoms with Crippen molar-refractivity contribution in [1.29, 1.82) is 0 Å². The van der Waals surface area contributed by atoms with E-state index < -0.39 is 5.97 Å². The van der Waals surface area contributed by atoms with Crippen molar-refractivity contribution in [1.82, 2.24) is 9.78 Å². The second kappa shape index (κ2) is 11.6. The van der Waals surface area contributed by atoms with E-state index in [-0.39, 0.29) is 29.9 Å². The van der Waals surface area contributed by atoms with E-state index in [0.29, 0.717) is 21.4 Å². The molecule has 2 amide bonds. The largest absolute Gasteiger partial charge is 0.462 e. The average molecular weight is 564 g/mol. The molecule has 1 aromatic carbocycles. The number of carbonyl (C=O) groups excluding carboxylic acids is 3. The molecule has 2 aliphatic rings. The minimum atomic E-state index is -0.402. The summed E-state index contributed by atoms with van der Waals surface area (Å²) in [5.41, 5.74) is 4.00. The van der Waals surface area contributed by atoms with Crippen molar-refractivity contribution in [2.24, 2.45) is 12.0 Å². The summed E-state index contributed by atoms with van der Waals surface area (Å²) in [6.07, 6.45) is 7.33. The van der Waals surface area contributed by atoms with Crippen molar-refractivity contribution >= 4 is 62.8 Å². The fraction of sp³-hybridized carbons (Fsp3) is 0.321. The summed E-state index contributed by atoms with van der Waals surface area (Å²) < 4.78 is 6.98. The van der Waals surface area contributed by atoms with Gasteiger partial charge in [-0.3, -0.25) is 19.2 Å². The van der Waals surface area contributed by atoms with E-state index in [1.165, 1.54) is 28.0 Å². The summed E-state index contributed by atoms with van der Waals surface area (Å²) in [7, 11) is 1.82. The van der Waals surface area contributed by atoms with E-state index in [0.717, 1.165) is 47.4 Å². The molecule has 0 fully saturated rings. The van der Waals surface area contributed by atoms with Gasteiger partial charge < -0.3 is 10.1 Å². The number of thioether (sulfide) groups is 1. The van der Waals surface area contributed by atoms with Crippen LogP contribution in [0.25, 0.3) is 6.08 Å². The zero-order valence-corrected chi connectivity index (χ0v) is 23.7. The Bertz CT molecular complexity index is 1490. The van der Waals surface area contributed by atoms with Gasteiger partial charge in [-0.1, -0.05) is 30.0 Å². The van der Waals surface area contributed by atoms with E-state index in [2.05, 4.69) is 15.4 Å². The number of benzene rings is 1. The molecule has 5 rings (SSSR count). The Labute approximate surface area is 234 Å². The number of thiophene rings is 1. The van der Waals surface area contributed by atoms with E-state index in [4.69, 9.17) is 4.74 Å². The quantitative estimate of drug-likeness (QED) is 0.322. The molecule has 1 aliphatic heterocycles. The molecule has 0 saturated carbocycles. The first-order valence-electron chi connectivity index (χ1n) is 12.8. The van der Waals surface area contributed by atoms with Gasteiger partial charge in [0.15, 0.2) is 5.17 Å². The minimum absolute atomic E-state index is 0.0134. The summed E-state index contributed by atoms with van der Waals surface area (Å²) >= 11 is 2.62. The Balaban J connectivity index is 1.37. The average Bonchev–Trinajstić information content (AvgIpc) is 3.55. The van der Waals surface area contributed by atoms with Crippen molar-refractivity contribution in [2.75, 3.05) is 22.6 Å². The molecule has 1 N–H and O–H groups in total. The second-order valence-corrected chi connectivity index (χ2v) is 11.3. The summed E-state index contributed by atoms with van der Waals surface area (Å²) in [6, 6.07) is 9.22. The van der Waals surface area contributed by atoms with Gasteiger partial charge >= 0.3 is 5.97 Å². The maximum atomic E-state index is 13.4. The van der Waals surface area contributed by atoms with E-state index >= 15 is 0 Å². The molecule has 9 nitrogen and oxygen atoms in total. The van der Waals surface area contributed by atoms with Gasteiger partial charge in [0.1, 0.15) is 10.7 Å². The van der Waals surface area contributed by atoms with Gasteiger partial charge in [0.25, 0.3) is 5.91 Å². The van der Waals surface area contributed by atoms with Crippen molar-refractivity contribution in [3.63, 3.8) is 0 Å². The second-order valence-electron chi connectivity index (χ2n) is 9.22. The Morgan fingerprint density at radius 3 is 2.69 bits per heavy atom. The number of hydrogen-bond acceptors (Lipinski definition) is 8. The number of ether oxygens (including phenoxy) is 1. The smallest absolute Gasteiger partial charge is 0.341 e. The number of hydrogen-bond donors (Lipinski definition) is 1. The standard InChI is InChI=1S/C28H29N5O4S2/c1-4-37-27(36)24-20-12-8-9-13-22(20)39-25(24)30-23(34)16-38-28-29-21(14-18-15-32(3)31-17(18)2)26(35)33(28)19-10-6-5-7-11-19/h5-7,10-11,14-15H,4,8-9,12-13,16H2,1-3H3,(H,30,34). The van der Waals surface area contributed by atoms with Crippen LogP contribution >= 0.6 is 23.1 Å². The SMILES string of the molecule is CCOC(=O)c1c(NC(=O)CSC2=NC(=Cc3cn(C)nc3C)C(=O)N2c2ccccc2)sc2c1CCCC2. The molecule has 202 valence electrons. The van der Waals surface area contributed by atoms with Crippen LogP contribution in [0.2, 0.25) is 0 Å². The zero-order valence-electron chi connectivity index (χ0n) is 22.0. The van der Waals surface area contributed by atoms with Gasteiger partial charge in [-0.2, -0.15) is 5.10 Å². The van der Waals surface area contributed by atoms with Crippen LogP contribution in [0.15, 0.2) is 47.2 Å². The van der Waals surface area contributed by atoms with Crippen LogP contribution in [-0.4, -0.2) is 45.1 Å². The Morgan fingerprint density at radius 2 is 1.97 bits per heavy atom. The number of fused-ring (bicyclic) bond motifs is 1. The number of amides is 2. The fourth-order valence-electron chi connectivity index (χ4n) is 4.67. The number of amidine groups is 1. The Hall–Kier alpha value is -3.70. The van der Waals surface area contributed by atoms with Crippen LogP contribution in [-0.2, 0) is 34.2 Å². The minimum Gasteiger partial charge on any atom is -0.462 e. The van der Waals surface area contributed by atoms with E-state index in [1.54, 1.807) is 17.7 Å². The summed E-state index contributed by atoms with van der Waals surface area (Å²) in [4.78, 5) is 46.5. The first-order chi connectivity index (χ1) is 18.9. The first-order valence-corrected chi connectivity index (χ1v) is 14.6. The third-order valence-electron chi connectivity index (χ3n) is 6.42. The maximum absolute atomic E-state index is 13.4. The number of nitrogens with zero attached hydrogens (tertiary/aromatic N) is 4. The number of nitrogens with one attached hydrogen (secondary N) is 1. The van der Waals surface area contributed by atoms with Crippen LogP contribution < -0.4 is 10.2 Å². The van der Waals surface area contributed by atoms with Crippen molar-refractivity contribution in [2.45, 2.75) is 39.5 Å². The Morgan fingerprint density at radius 1 is 1.21 bits per heavy atom. The van der Waals surface area contributed by atoms with Crippen molar-refractivity contribution < 1.29 is 19.1 Å². The number of anilines is 2. The summed E-state index contributed by atoms with van der Waals surface area (Å²) in [5.74, 6) is -0.948. The number of esters is 1. The zero-order chi connectivity index (χ0) is 27.5. The monoisotopic (exact) mass is 563 g/mol. The van der Waals surface area contributed by atoms with Crippen molar-refractivity contribution in [3.8, 4) is 0 Å². The van der Waals surface area contributed by atoms with Gasteiger partial charge in [-0.25, -0.2) is 9.79 Å². The van der Waals surface area contributed by atoms with Gasteiger partial charge in [0, 0.05) is 23.7 Å². The predicted octanol–water partition coefficient (Wildman–Crippen LogP) is 4.96. The lowest BCUT2D eigenvalue weighted by molar-refractivity contribution is -0.114. The van der Waals surface area contributed by atoms with Gasteiger partial charge in [0.05, 0.1) is 29.3 Å². The molecule has 0 bridgehead atoms. The van der Waals surface area contributed by atoms with Gasteiger partial charge in [0.2, 0.25) is 5.91 Å². The highest BCUT2D eigenvalue weighted by Gasteiger charge is 2.33. The molecule has 3 aromatic rings. The lowest BCUT2D eigenvalue weighted by Crippen LogP contribution is -2.31. The van der Waals surface area contributed by atoms with Gasteiger partial charge in [-0.05, 0) is 63.3 Å². The molecular weight excluding hydrogens is 534 g/mol. The van der Waals surface area contributed by atoms with E-state index in [1.807, 2.05) is 50.5 Å². The molecule has 0 spiro atoms. The molecule has 0 unspecified atom stereocenters. The molecule has 0 saturated heterocycles. The number of aryl methyl sites for hydroxylation is 3. The first kappa shape index (κ1) is 26.9. The van der Waals surface area contributed by atoms with Gasteiger partial charge in [-0.15, -0.1) is 11.3 Å². The van der Waals surface area contributed by atoms with Crippen LogP contribution in [0, 0.1) is 6.92 Å². The molecule has 0 radical (unpaired) electrons. The van der Waals surface area contributed by atoms with Crippen LogP contribution in [0.1, 0.15) is 51.8 Å². The third kappa shape index (κ3) is 5.69. The number of carbonyl (C=O) groups is 3. The lowest BCUT2D eigenvalue weighted by Gasteiger charge is -2.17. The molecule has 11 heteroatoms. The van der Waals surface area contributed by atoms with Crippen LogP contribution in [0.3, 0.4) is 0 Å². The normalized spacial score (nSPS) is 15.9. The highest BCUT2D eigenvalue weighted by atomic mass is 32.2. The molecule has 0 atom stereocenters. The lowest BCUT2D eigenvalue weighted by atomic mass is 9.95. The van der Waals surface area contributed by atoms with Crippen LogP contribution in [0.5, 0.6) is 0 Å². The van der Waals surface area contributed by atoms with Crippen LogP contribution in [0.4, 0.5) is 10.7 Å². The summed E-state index contributed by atoms with van der Waals surface area (Å²) in [5, 5.41) is 8.21. The molecular formula is C28H29N5O4S2. The predicted molar refractivity (Wildman–Crippen MR) is 155 cm³/mol. The number of aromatic nitrogens is 2. The number of para-hydroxylation sites is 1. The number of aliphatic imine (C=N–C) groups is 1. The summed E-state index contributed by atoms with van der Waals surface area (Å²) in [6.45, 7) is 3.91. The molecule has 39 heavy (non-hydrogen) atoms. The van der Waals surface area contributed by atoms with E-state index in [9.17, 15) is 14.4 Å². The molecule has 2 aromatic heterocycles. The van der Waals surface area contributed by atoms with Crippen molar-refractivity contribution in [3.05, 3.63) is 69.5 Å². The highest BCUT2D eigenvalue weighted by molar-refractivity contribution is 8.14. The third-order valence-corrected chi connectivity index (χ3v) is 8.57. The number of rotatable bonds is 7. The highest BCUT2D eigenvalue weighted by Crippen LogP contribution is 2.39. The fourth-order valence-corrected chi connectivity index (χ4v) is 6.78. The molecule has 1 aliphatic carbocycles. The maximum Gasteiger partial charge on any atom is 0.341 e. The Kier molecular flexibility index (Phi) is 7.99.